The predicted molar refractivity (Wildman–Crippen MR) is 168 cm³/mol. The highest BCUT2D eigenvalue weighted by Crippen LogP contribution is 2.43. The zero-order valence-electron chi connectivity index (χ0n) is 21.4. The summed E-state index contributed by atoms with van der Waals surface area (Å²) < 4.78 is 8.90. The van der Waals surface area contributed by atoms with Crippen LogP contribution in [0.15, 0.2) is 132 Å². The highest BCUT2D eigenvalue weighted by atomic mass is 32.1. The molecule has 0 aliphatic heterocycles. The number of hydrogen-bond donors (Lipinski definition) is 0. The molecule has 0 fully saturated rings. The fraction of sp³-hybridized carbons (Fsp3) is 0. The number of thiophene rings is 1. The van der Waals surface area contributed by atoms with Gasteiger partial charge >= 0.3 is 0 Å². The minimum atomic E-state index is 0.646. The third-order valence-electron chi connectivity index (χ3n) is 7.74. The first-order valence-electron chi connectivity index (χ1n) is 13.2. The van der Waals surface area contributed by atoms with Gasteiger partial charge in [-0.1, -0.05) is 97.1 Å². The Labute approximate surface area is 235 Å². The summed E-state index contributed by atoms with van der Waals surface area (Å²) in [5.74, 6) is 0. The fourth-order valence-corrected chi connectivity index (χ4v) is 7.00. The van der Waals surface area contributed by atoms with Crippen LogP contribution in [-0.2, 0) is 0 Å². The van der Waals surface area contributed by atoms with Gasteiger partial charge in [0.2, 0.25) is 0 Å². The highest BCUT2D eigenvalue weighted by molar-refractivity contribution is 7.25. The lowest BCUT2D eigenvalue weighted by Crippen LogP contribution is -1.93. The normalized spacial score (nSPS) is 11.5. The van der Waals surface area contributed by atoms with Gasteiger partial charge in [0.25, 0.3) is 0 Å². The minimum absolute atomic E-state index is 0.646. The van der Waals surface area contributed by atoms with E-state index in [4.69, 9.17) is 4.42 Å². The summed E-state index contributed by atoms with van der Waals surface area (Å²) in [6, 6.07) is 46.6. The van der Waals surface area contributed by atoms with Crippen LogP contribution in [0.1, 0.15) is 5.56 Å². The Morgan fingerprint density at radius 2 is 1.23 bits per heavy atom. The third kappa shape index (κ3) is 3.48. The minimum Gasteiger partial charge on any atom is -0.455 e. The molecule has 0 saturated carbocycles. The molecular weight excluding hydrogens is 506 g/mol. The molecule has 2 aromatic heterocycles. The number of furan rings is 1. The second kappa shape index (κ2) is 8.95. The van der Waals surface area contributed by atoms with E-state index in [1.807, 2.05) is 24.3 Å². The first-order chi connectivity index (χ1) is 19.8. The lowest BCUT2D eigenvalue weighted by atomic mass is 9.87. The molecule has 0 bridgehead atoms. The summed E-state index contributed by atoms with van der Waals surface area (Å²) in [7, 11) is 0. The van der Waals surface area contributed by atoms with Gasteiger partial charge in [0, 0.05) is 47.6 Å². The molecule has 0 N–H and O–H groups in total. The Morgan fingerprint density at radius 1 is 0.500 bits per heavy atom. The van der Waals surface area contributed by atoms with Crippen molar-refractivity contribution >= 4 is 53.4 Å². The van der Waals surface area contributed by atoms with Crippen LogP contribution < -0.4 is 0 Å². The molecule has 8 rings (SSSR count). The maximum absolute atomic E-state index is 10.6. The smallest absolute Gasteiger partial charge is 0.143 e. The summed E-state index contributed by atoms with van der Waals surface area (Å²) in [4.78, 5) is 0. The average molecular weight is 528 g/mol. The topological polar surface area (TPSA) is 36.9 Å². The Kier molecular flexibility index (Phi) is 5.10. The van der Waals surface area contributed by atoms with E-state index in [1.54, 1.807) is 11.3 Å². The van der Waals surface area contributed by atoms with Gasteiger partial charge in [-0.15, -0.1) is 11.3 Å². The Hall–Kier alpha value is -5.17. The van der Waals surface area contributed by atoms with E-state index < -0.39 is 0 Å². The standard InChI is InChI=1S/C37H21NOS/c38-22-33-31(24-17-18-28-27-12-5-7-16-35(27)40-36(28)21-24)19-25(23-9-2-1-3-10-23)20-32(33)30-14-8-13-29-26-11-4-6-15-34(26)39-37(29)30/h1-21H. The lowest BCUT2D eigenvalue weighted by Gasteiger charge is -2.15. The van der Waals surface area contributed by atoms with Crippen molar-refractivity contribution in [2.75, 3.05) is 0 Å². The zero-order valence-corrected chi connectivity index (χ0v) is 22.2. The Balaban J connectivity index is 1.44. The summed E-state index contributed by atoms with van der Waals surface area (Å²) in [6.45, 7) is 0. The van der Waals surface area contributed by atoms with Crippen LogP contribution in [0.25, 0.3) is 75.5 Å². The molecule has 8 aromatic rings. The van der Waals surface area contributed by atoms with Gasteiger partial charge in [0.05, 0.1) is 5.56 Å². The van der Waals surface area contributed by atoms with Crippen molar-refractivity contribution in [3.8, 4) is 39.4 Å². The molecule has 0 atom stereocenters. The van der Waals surface area contributed by atoms with Gasteiger partial charge in [-0.05, 0) is 47.0 Å². The van der Waals surface area contributed by atoms with E-state index in [2.05, 4.69) is 109 Å². The summed E-state index contributed by atoms with van der Waals surface area (Å²) in [5, 5.41) is 15.3. The van der Waals surface area contributed by atoms with Crippen molar-refractivity contribution in [1.29, 1.82) is 5.26 Å². The molecule has 40 heavy (non-hydrogen) atoms. The number of hydrogen-bond acceptors (Lipinski definition) is 3. The number of nitrogens with zero attached hydrogens (tertiary/aromatic N) is 1. The first-order valence-corrected chi connectivity index (χ1v) is 14.1. The van der Waals surface area contributed by atoms with Crippen molar-refractivity contribution in [2.45, 2.75) is 0 Å². The van der Waals surface area contributed by atoms with E-state index in [0.717, 1.165) is 55.3 Å². The predicted octanol–water partition coefficient (Wildman–Crippen LogP) is 10.8. The molecule has 0 radical (unpaired) electrons. The van der Waals surface area contributed by atoms with Gasteiger partial charge in [-0.25, -0.2) is 0 Å². The number of fused-ring (bicyclic) bond motifs is 6. The second-order valence-corrected chi connectivity index (χ2v) is 11.1. The Bertz CT molecular complexity index is 2280. The molecule has 2 nitrogen and oxygen atoms in total. The van der Waals surface area contributed by atoms with Crippen LogP contribution >= 0.6 is 11.3 Å². The first kappa shape index (κ1) is 22.8. The number of nitriles is 1. The van der Waals surface area contributed by atoms with Gasteiger partial charge in [-0.2, -0.15) is 5.26 Å². The fourth-order valence-electron chi connectivity index (χ4n) is 5.85. The second-order valence-electron chi connectivity index (χ2n) is 10.0. The molecule has 0 saturated heterocycles. The maximum atomic E-state index is 10.6. The van der Waals surface area contributed by atoms with E-state index in [0.29, 0.717) is 5.56 Å². The zero-order chi connectivity index (χ0) is 26.6. The van der Waals surface area contributed by atoms with E-state index in [-0.39, 0.29) is 0 Å². The van der Waals surface area contributed by atoms with E-state index in [1.165, 1.54) is 20.2 Å². The van der Waals surface area contributed by atoms with E-state index in [9.17, 15) is 5.26 Å². The third-order valence-corrected chi connectivity index (χ3v) is 8.88. The monoisotopic (exact) mass is 527 g/mol. The van der Waals surface area contributed by atoms with Crippen LogP contribution in [-0.4, -0.2) is 0 Å². The molecule has 2 heterocycles. The SMILES string of the molecule is N#Cc1c(-c2ccc3c(c2)sc2ccccc23)cc(-c2ccccc2)cc1-c1cccc2c1oc1ccccc12. The quantitative estimate of drug-likeness (QED) is 0.229. The van der Waals surface area contributed by atoms with Crippen LogP contribution in [0.5, 0.6) is 0 Å². The summed E-state index contributed by atoms with van der Waals surface area (Å²) in [6.07, 6.45) is 0. The number of para-hydroxylation sites is 2. The number of benzene rings is 6. The van der Waals surface area contributed by atoms with Gasteiger partial charge in [-0.3, -0.25) is 0 Å². The van der Waals surface area contributed by atoms with Crippen molar-refractivity contribution in [3.05, 3.63) is 133 Å². The highest BCUT2D eigenvalue weighted by Gasteiger charge is 2.20. The number of rotatable bonds is 3. The average Bonchev–Trinajstić information content (AvgIpc) is 3.59. The molecule has 0 amide bonds. The van der Waals surface area contributed by atoms with Crippen molar-refractivity contribution < 1.29 is 4.42 Å². The van der Waals surface area contributed by atoms with Gasteiger partial charge in [0.1, 0.15) is 17.2 Å². The lowest BCUT2D eigenvalue weighted by molar-refractivity contribution is 0.670. The van der Waals surface area contributed by atoms with E-state index >= 15 is 0 Å². The molecular formula is C37H21NOS. The van der Waals surface area contributed by atoms with Crippen molar-refractivity contribution in [3.63, 3.8) is 0 Å². The molecule has 0 unspecified atom stereocenters. The van der Waals surface area contributed by atoms with Gasteiger partial charge in [0.15, 0.2) is 0 Å². The van der Waals surface area contributed by atoms with Crippen LogP contribution in [0.3, 0.4) is 0 Å². The molecule has 3 heteroatoms. The molecule has 0 aliphatic rings. The maximum Gasteiger partial charge on any atom is 0.143 e. The molecule has 0 aliphatic carbocycles. The van der Waals surface area contributed by atoms with Crippen LogP contribution in [0, 0.1) is 11.3 Å². The molecule has 6 aromatic carbocycles. The summed E-state index contributed by atoms with van der Waals surface area (Å²) in [5.41, 5.74) is 8.22. The molecule has 0 spiro atoms. The van der Waals surface area contributed by atoms with Crippen molar-refractivity contribution in [1.82, 2.24) is 0 Å². The summed E-state index contributed by atoms with van der Waals surface area (Å²) >= 11 is 1.79. The van der Waals surface area contributed by atoms with Crippen LogP contribution in [0.2, 0.25) is 0 Å². The largest absolute Gasteiger partial charge is 0.455 e. The Morgan fingerprint density at radius 3 is 2.10 bits per heavy atom. The molecule has 186 valence electrons. The van der Waals surface area contributed by atoms with Crippen LogP contribution in [0.4, 0.5) is 0 Å². The van der Waals surface area contributed by atoms with Gasteiger partial charge < -0.3 is 4.42 Å². The van der Waals surface area contributed by atoms with Crippen molar-refractivity contribution in [2.24, 2.45) is 0 Å².